The van der Waals surface area contributed by atoms with Crippen LogP contribution in [0.25, 0.3) is 0 Å². The number of nitrogens with one attached hydrogen (secondary N) is 2. The molecule has 6 nitrogen and oxygen atoms in total. The van der Waals surface area contributed by atoms with E-state index < -0.39 is 14.8 Å². The van der Waals surface area contributed by atoms with Crippen molar-refractivity contribution in [3.8, 4) is 5.75 Å². The van der Waals surface area contributed by atoms with Gasteiger partial charge in [0.05, 0.1) is 11.4 Å². The van der Waals surface area contributed by atoms with Crippen molar-refractivity contribution in [1.29, 1.82) is 0 Å². The van der Waals surface area contributed by atoms with Gasteiger partial charge in [-0.25, -0.2) is 13.1 Å². The SMILES string of the molecule is CCCCOc1cccc(CNC(=O)[C@H]2CC[C@H](NS(=O)(=O)C(C)(C)C)CC2)c1. The van der Waals surface area contributed by atoms with Gasteiger partial charge in [0.1, 0.15) is 5.75 Å². The third-order valence-electron chi connectivity index (χ3n) is 5.36. The zero-order valence-corrected chi connectivity index (χ0v) is 19.0. The molecule has 164 valence electrons. The average Bonchev–Trinajstić information content (AvgIpc) is 2.66. The van der Waals surface area contributed by atoms with E-state index in [1.54, 1.807) is 20.8 Å². The van der Waals surface area contributed by atoms with Gasteiger partial charge in [0, 0.05) is 18.5 Å². The van der Waals surface area contributed by atoms with E-state index in [1.807, 2.05) is 24.3 Å². The second-order valence-corrected chi connectivity index (χ2v) is 11.3. The van der Waals surface area contributed by atoms with Crippen molar-refractivity contribution in [2.75, 3.05) is 6.61 Å². The lowest BCUT2D eigenvalue weighted by Crippen LogP contribution is -2.46. The molecule has 0 aliphatic heterocycles. The monoisotopic (exact) mass is 424 g/mol. The Kier molecular flexibility index (Phi) is 8.52. The summed E-state index contributed by atoms with van der Waals surface area (Å²) in [7, 11) is -3.36. The number of sulfonamides is 1. The van der Waals surface area contributed by atoms with Gasteiger partial charge < -0.3 is 10.1 Å². The molecule has 1 fully saturated rings. The molecule has 0 radical (unpaired) electrons. The summed E-state index contributed by atoms with van der Waals surface area (Å²) in [6.07, 6.45) is 4.89. The largest absolute Gasteiger partial charge is 0.494 e. The van der Waals surface area contributed by atoms with Crippen molar-refractivity contribution in [1.82, 2.24) is 10.0 Å². The summed E-state index contributed by atoms with van der Waals surface area (Å²) in [5.41, 5.74) is 1.01. The zero-order chi connectivity index (χ0) is 21.5. The van der Waals surface area contributed by atoms with Gasteiger partial charge >= 0.3 is 0 Å². The molecular formula is C22H36N2O4S. The van der Waals surface area contributed by atoms with Crippen LogP contribution in [0.1, 0.15) is 71.8 Å². The van der Waals surface area contributed by atoms with Crippen LogP contribution < -0.4 is 14.8 Å². The maximum atomic E-state index is 12.5. The molecule has 1 saturated carbocycles. The average molecular weight is 425 g/mol. The van der Waals surface area contributed by atoms with E-state index in [0.29, 0.717) is 38.8 Å². The predicted octanol–water partition coefficient (Wildman–Crippen LogP) is 3.76. The fourth-order valence-electron chi connectivity index (χ4n) is 3.28. The molecule has 7 heteroatoms. The van der Waals surface area contributed by atoms with Gasteiger partial charge in [0.25, 0.3) is 0 Å². The molecule has 0 spiro atoms. The molecular weight excluding hydrogens is 388 g/mol. The lowest BCUT2D eigenvalue weighted by Gasteiger charge is -2.30. The zero-order valence-electron chi connectivity index (χ0n) is 18.2. The van der Waals surface area contributed by atoms with Crippen molar-refractivity contribution < 1.29 is 17.9 Å². The van der Waals surface area contributed by atoms with E-state index >= 15 is 0 Å². The quantitative estimate of drug-likeness (QED) is 0.591. The Labute approximate surface area is 175 Å². The minimum absolute atomic E-state index is 0.0411. The number of benzene rings is 1. The molecule has 1 aromatic rings. The molecule has 2 N–H and O–H groups in total. The lowest BCUT2D eigenvalue weighted by atomic mass is 9.86. The molecule has 1 aromatic carbocycles. The van der Waals surface area contributed by atoms with Crippen LogP contribution >= 0.6 is 0 Å². The highest BCUT2D eigenvalue weighted by atomic mass is 32.2. The van der Waals surface area contributed by atoms with Gasteiger partial charge in [-0.2, -0.15) is 0 Å². The van der Waals surface area contributed by atoms with Gasteiger partial charge in [-0.15, -0.1) is 0 Å². The molecule has 0 atom stereocenters. The Morgan fingerprint density at radius 2 is 1.86 bits per heavy atom. The fraction of sp³-hybridized carbons (Fsp3) is 0.682. The topological polar surface area (TPSA) is 84.5 Å². The number of carbonyl (C=O) groups is 1. The third kappa shape index (κ3) is 7.30. The number of carbonyl (C=O) groups excluding carboxylic acids is 1. The summed E-state index contributed by atoms with van der Waals surface area (Å²) in [4.78, 5) is 12.5. The van der Waals surface area contributed by atoms with E-state index in [-0.39, 0.29) is 17.9 Å². The molecule has 0 aromatic heterocycles. The number of unbranched alkanes of at least 4 members (excludes halogenated alkanes) is 1. The number of rotatable bonds is 9. The van der Waals surface area contributed by atoms with Crippen molar-refractivity contribution >= 4 is 15.9 Å². The van der Waals surface area contributed by atoms with Crippen LogP contribution in [0.3, 0.4) is 0 Å². The summed E-state index contributed by atoms with van der Waals surface area (Å²) < 4.78 is 32.3. The maximum absolute atomic E-state index is 12.5. The van der Waals surface area contributed by atoms with Gasteiger partial charge in [-0.1, -0.05) is 25.5 Å². The molecule has 1 aliphatic rings. The Hall–Kier alpha value is -1.60. The van der Waals surface area contributed by atoms with E-state index in [1.165, 1.54) is 0 Å². The van der Waals surface area contributed by atoms with Crippen molar-refractivity contribution in [3.63, 3.8) is 0 Å². The fourth-order valence-corrected chi connectivity index (χ4v) is 4.31. The van der Waals surface area contributed by atoms with E-state index in [9.17, 15) is 13.2 Å². The molecule has 0 unspecified atom stereocenters. The molecule has 2 rings (SSSR count). The second kappa shape index (κ2) is 10.4. The van der Waals surface area contributed by atoms with Gasteiger partial charge in [0.15, 0.2) is 0 Å². The van der Waals surface area contributed by atoms with Gasteiger partial charge in [0.2, 0.25) is 15.9 Å². The first-order valence-corrected chi connectivity index (χ1v) is 12.1. The van der Waals surface area contributed by atoms with Crippen molar-refractivity contribution in [2.24, 2.45) is 5.92 Å². The summed E-state index contributed by atoms with van der Waals surface area (Å²) >= 11 is 0. The molecule has 0 heterocycles. The molecule has 0 saturated heterocycles. The number of hydrogen-bond donors (Lipinski definition) is 2. The Morgan fingerprint density at radius 1 is 1.17 bits per heavy atom. The standard InChI is InChI=1S/C22H36N2O4S/c1-5-6-14-28-20-9-7-8-17(15-20)16-23-21(25)18-10-12-19(13-11-18)24-29(26,27)22(2,3)4/h7-9,15,18-19,24H,5-6,10-14,16H2,1-4H3,(H,23,25)/t18-,19-. The van der Waals surface area contributed by atoms with Crippen LogP contribution in [0, 0.1) is 5.92 Å². The van der Waals surface area contributed by atoms with Crippen LogP contribution in [0.15, 0.2) is 24.3 Å². The number of amides is 1. The summed E-state index contributed by atoms with van der Waals surface area (Å²) in [6.45, 7) is 8.38. The van der Waals surface area contributed by atoms with Crippen molar-refractivity contribution in [2.45, 2.75) is 83.6 Å². The Bertz CT molecular complexity index is 763. The van der Waals surface area contributed by atoms with E-state index in [2.05, 4.69) is 17.0 Å². The van der Waals surface area contributed by atoms with Crippen LogP contribution in [0.2, 0.25) is 0 Å². The Morgan fingerprint density at radius 3 is 2.48 bits per heavy atom. The number of hydrogen-bond acceptors (Lipinski definition) is 4. The highest BCUT2D eigenvalue weighted by Gasteiger charge is 2.33. The molecule has 0 bridgehead atoms. The maximum Gasteiger partial charge on any atom is 0.223 e. The highest BCUT2D eigenvalue weighted by Crippen LogP contribution is 2.26. The van der Waals surface area contributed by atoms with Crippen LogP contribution in [-0.2, 0) is 21.4 Å². The molecule has 1 aliphatic carbocycles. The minimum atomic E-state index is -3.36. The summed E-state index contributed by atoms with van der Waals surface area (Å²) in [5.74, 6) is 0.811. The van der Waals surface area contributed by atoms with Gasteiger partial charge in [-0.3, -0.25) is 4.79 Å². The highest BCUT2D eigenvalue weighted by molar-refractivity contribution is 7.90. The first kappa shape index (κ1) is 23.7. The smallest absolute Gasteiger partial charge is 0.223 e. The predicted molar refractivity (Wildman–Crippen MR) is 116 cm³/mol. The lowest BCUT2D eigenvalue weighted by molar-refractivity contribution is -0.126. The normalized spacial score (nSPS) is 20.3. The first-order chi connectivity index (χ1) is 13.6. The van der Waals surface area contributed by atoms with Gasteiger partial charge in [-0.05, 0) is 70.6 Å². The first-order valence-electron chi connectivity index (χ1n) is 10.6. The van der Waals surface area contributed by atoms with Crippen LogP contribution in [0.5, 0.6) is 5.75 Å². The summed E-state index contributed by atoms with van der Waals surface area (Å²) in [6, 6.07) is 7.73. The third-order valence-corrected chi connectivity index (χ3v) is 7.61. The van der Waals surface area contributed by atoms with Crippen LogP contribution in [-0.4, -0.2) is 31.7 Å². The Balaban J connectivity index is 1.78. The number of ether oxygens (including phenoxy) is 1. The molecule has 29 heavy (non-hydrogen) atoms. The molecule has 1 amide bonds. The van der Waals surface area contributed by atoms with E-state index in [0.717, 1.165) is 24.2 Å². The van der Waals surface area contributed by atoms with Crippen molar-refractivity contribution in [3.05, 3.63) is 29.8 Å². The van der Waals surface area contributed by atoms with Crippen LogP contribution in [0.4, 0.5) is 0 Å². The second-order valence-electron chi connectivity index (χ2n) is 8.85. The summed E-state index contributed by atoms with van der Waals surface area (Å²) in [5, 5.41) is 3.02. The minimum Gasteiger partial charge on any atom is -0.494 e. The van der Waals surface area contributed by atoms with E-state index in [4.69, 9.17) is 4.74 Å².